The Kier molecular flexibility index (Phi) is 5.67. The number of benzene rings is 2. The molecule has 142 valence electrons. The number of alkyl halides is 3. The van der Waals surface area contributed by atoms with Crippen molar-refractivity contribution in [2.75, 3.05) is 19.5 Å². The summed E-state index contributed by atoms with van der Waals surface area (Å²) in [6.07, 6.45) is -4.76. The van der Waals surface area contributed by atoms with Gasteiger partial charge in [-0.05, 0) is 30.3 Å². The van der Waals surface area contributed by atoms with Gasteiger partial charge < -0.3 is 14.8 Å². The zero-order valence-electron chi connectivity index (χ0n) is 13.9. The molecule has 0 heterocycles. The van der Waals surface area contributed by atoms with Gasteiger partial charge in [-0.1, -0.05) is 0 Å². The van der Waals surface area contributed by atoms with E-state index in [1.807, 2.05) is 0 Å². The molecule has 0 aliphatic rings. The van der Waals surface area contributed by atoms with Gasteiger partial charge in [0.25, 0.3) is 0 Å². The first-order valence-corrected chi connectivity index (χ1v) is 8.79. The fourth-order valence-corrected chi connectivity index (χ4v) is 2.82. The number of primary sulfonamides is 1. The van der Waals surface area contributed by atoms with E-state index in [4.69, 9.17) is 14.6 Å². The van der Waals surface area contributed by atoms with E-state index in [0.717, 1.165) is 12.1 Å². The highest BCUT2D eigenvalue weighted by atomic mass is 32.2. The fraction of sp³-hybridized carbons (Fsp3) is 0.250. The highest BCUT2D eigenvalue weighted by molar-refractivity contribution is 7.89. The van der Waals surface area contributed by atoms with E-state index in [1.165, 1.54) is 14.2 Å². The van der Waals surface area contributed by atoms with Gasteiger partial charge in [-0.3, -0.25) is 0 Å². The molecule has 0 saturated heterocycles. The van der Waals surface area contributed by atoms with E-state index in [2.05, 4.69) is 5.32 Å². The van der Waals surface area contributed by atoms with Crippen molar-refractivity contribution in [3.8, 4) is 11.5 Å². The lowest BCUT2D eigenvalue weighted by Crippen LogP contribution is -2.16. The zero-order valence-corrected chi connectivity index (χ0v) is 14.7. The number of nitrogens with two attached hydrogens (primary N) is 1. The Bertz CT molecular complexity index is 899. The predicted molar refractivity (Wildman–Crippen MR) is 89.7 cm³/mol. The minimum absolute atomic E-state index is 0.0188. The Morgan fingerprint density at radius 3 is 2.31 bits per heavy atom. The standard InChI is InChI=1S/C16H17F3N2O4S/c1-24-11-4-3-10(15(7-11)25-2)9-21-14-6-5-12(26(20,22)23)8-13(14)16(17,18)19/h3-8,21H,9H2,1-2H3,(H2,20,22,23). The number of methoxy groups -OCH3 is 2. The highest BCUT2D eigenvalue weighted by Gasteiger charge is 2.34. The Hall–Kier alpha value is -2.46. The lowest BCUT2D eigenvalue weighted by atomic mass is 10.1. The van der Waals surface area contributed by atoms with Crippen molar-refractivity contribution in [3.63, 3.8) is 0 Å². The van der Waals surface area contributed by atoms with Gasteiger partial charge >= 0.3 is 6.18 Å². The fourth-order valence-electron chi connectivity index (χ4n) is 2.28. The zero-order chi connectivity index (χ0) is 19.5. The van der Waals surface area contributed by atoms with Crippen LogP contribution in [-0.4, -0.2) is 22.6 Å². The minimum Gasteiger partial charge on any atom is -0.497 e. The molecule has 0 spiro atoms. The third-order valence-electron chi connectivity index (χ3n) is 3.59. The molecule has 2 rings (SSSR count). The largest absolute Gasteiger partial charge is 0.497 e. The molecule has 0 saturated carbocycles. The third kappa shape index (κ3) is 4.58. The lowest BCUT2D eigenvalue weighted by molar-refractivity contribution is -0.137. The molecule has 0 amide bonds. The van der Waals surface area contributed by atoms with Crippen molar-refractivity contribution >= 4 is 15.7 Å². The normalized spacial score (nSPS) is 11.9. The summed E-state index contributed by atoms with van der Waals surface area (Å²) in [5.41, 5.74) is -0.809. The molecule has 0 unspecified atom stereocenters. The van der Waals surface area contributed by atoms with Crippen LogP contribution in [0.4, 0.5) is 18.9 Å². The Morgan fingerprint density at radius 2 is 1.77 bits per heavy atom. The second-order valence-corrected chi connectivity index (χ2v) is 6.84. The average Bonchev–Trinajstić information content (AvgIpc) is 2.58. The van der Waals surface area contributed by atoms with E-state index >= 15 is 0 Å². The van der Waals surface area contributed by atoms with E-state index in [9.17, 15) is 21.6 Å². The van der Waals surface area contributed by atoms with Crippen molar-refractivity contribution < 1.29 is 31.1 Å². The van der Waals surface area contributed by atoms with Crippen LogP contribution in [0.2, 0.25) is 0 Å². The smallest absolute Gasteiger partial charge is 0.418 e. The number of nitrogens with one attached hydrogen (secondary N) is 1. The van der Waals surface area contributed by atoms with Gasteiger partial charge in [0.1, 0.15) is 11.5 Å². The second-order valence-electron chi connectivity index (χ2n) is 5.28. The number of rotatable bonds is 6. The molecule has 10 heteroatoms. The maximum Gasteiger partial charge on any atom is 0.418 e. The Labute approximate surface area is 148 Å². The van der Waals surface area contributed by atoms with Crippen molar-refractivity contribution in [3.05, 3.63) is 47.5 Å². The summed E-state index contributed by atoms with van der Waals surface area (Å²) in [5, 5.41) is 7.56. The third-order valence-corrected chi connectivity index (χ3v) is 4.50. The van der Waals surface area contributed by atoms with Gasteiger partial charge in [0.05, 0.1) is 24.7 Å². The van der Waals surface area contributed by atoms with E-state index in [0.29, 0.717) is 23.1 Å². The quantitative estimate of drug-likeness (QED) is 0.791. The molecule has 0 aliphatic heterocycles. The number of hydrogen-bond acceptors (Lipinski definition) is 5. The molecule has 26 heavy (non-hydrogen) atoms. The van der Waals surface area contributed by atoms with Crippen LogP contribution < -0.4 is 19.9 Å². The van der Waals surface area contributed by atoms with Crippen LogP contribution in [0.3, 0.4) is 0 Å². The molecule has 0 bridgehead atoms. The van der Waals surface area contributed by atoms with Gasteiger partial charge in [-0.2, -0.15) is 13.2 Å². The summed E-state index contributed by atoms with van der Waals surface area (Å²) in [6, 6.07) is 7.44. The molecular formula is C16H17F3N2O4S. The van der Waals surface area contributed by atoms with Crippen LogP contribution in [0.1, 0.15) is 11.1 Å². The maximum atomic E-state index is 13.3. The summed E-state index contributed by atoms with van der Waals surface area (Å²) < 4.78 is 72.7. The molecular weight excluding hydrogens is 373 g/mol. The number of halogens is 3. The second kappa shape index (κ2) is 7.42. The molecule has 0 aliphatic carbocycles. The molecule has 0 radical (unpaired) electrons. The molecule has 2 aromatic carbocycles. The van der Waals surface area contributed by atoms with Gasteiger partial charge in [0.15, 0.2) is 0 Å². The summed E-state index contributed by atoms with van der Waals surface area (Å²) in [5.74, 6) is 0.977. The van der Waals surface area contributed by atoms with Gasteiger partial charge in [-0.15, -0.1) is 0 Å². The van der Waals surface area contributed by atoms with E-state index in [-0.39, 0.29) is 12.2 Å². The number of ether oxygens (including phenoxy) is 2. The number of hydrogen-bond donors (Lipinski definition) is 2. The summed E-state index contributed by atoms with van der Waals surface area (Å²) in [6.45, 7) is 0.0188. The first-order valence-electron chi connectivity index (χ1n) is 7.25. The van der Waals surface area contributed by atoms with Crippen molar-refractivity contribution in [2.45, 2.75) is 17.6 Å². The first-order chi connectivity index (χ1) is 12.1. The highest BCUT2D eigenvalue weighted by Crippen LogP contribution is 2.36. The molecule has 3 N–H and O–H groups in total. The van der Waals surface area contributed by atoms with Crippen molar-refractivity contribution in [1.82, 2.24) is 0 Å². The molecule has 0 fully saturated rings. The predicted octanol–water partition coefficient (Wildman–Crippen LogP) is 2.98. The minimum atomic E-state index is -4.76. The molecule has 2 aromatic rings. The summed E-state index contributed by atoms with van der Waals surface area (Å²) >= 11 is 0. The van der Waals surface area contributed by atoms with Crippen molar-refractivity contribution in [2.24, 2.45) is 5.14 Å². The Morgan fingerprint density at radius 1 is 1.08 bits per heavy atom. The lowest BCUT2D eigenvalue weighted by Gasteiger charge is -2.17. The van der Waals surface area contributed by atoms with Gasteiger partial charge in [-0.25, -0.2) is 13.6 Å². The summed E-state index contributed by atoms with van der Waals surface area (Å²) in [7, 11) is -1.34. The maximum absolute atomic E-state index is 13.3. The monoisotopic (exact) mass is 390 g/mol. The van der Waals surface area contributed by atoms with E-state index < -0.39 is 26.7 Å². The SMILES string of the molecule is COc1ccc(CNc2ccc(S(N)(=O)=O)cc2C(F)(F)F)c(OC)c1. The average molecular weight is 390 g/mol. The summed E-state index contributed by atoms with van der Waals surface area (Å²) in [4.78, 5) is -0.614. The number of anilines is 1. The van der Waals surface area contributed by atoms with E-state index in [1.54, 1.807) is 18.2 Å². The van der Waals surface area contributed by atoms with Gasteiger partial charge in [0, 0.05) is 23.9 Å². The topological polar surface area (TPSA) is 90.6 Å². The Balaban J connectivity index is 2.35. The molecule has 6 nitrogen and oxygen atoms in total. The van der Waals surface area contributed by atoms with Crippen LogP contribution in [0, 0.1) is 0 Å². The first kappa shape index (κ1) is 19.9. The number of sulfonamides is 1. The molecule has 0 aromatic heterocycles. The van der Waals surface area contributed by atoms with Crippen LogP contribution in [0.5, 0.6) is 11.5 Å². The van der Waals surface area contributed by atoms with Crippen LogP contribution in [0.15, 0.2) is 41.3 Å². The van der Waals surface area contributed by atoms with Crippen molar-refractivity contribution in [1.29, 1.82) is 0 Å². The molecule has 0 atom stereocenters. The van der Waals surface area contributed by atoms with Crippen LogP contribution in [-0.2, 0) is 22.7 Å². The van der Waals surface area contributed by atoms with Crippen LogP contribution in [0.25, 0.3) is 0 Å². The van der Waals surface area contributed by atoms with Gasteiger partial charge in [0.2, 0.25) is 10.0 Å². The van der Waals surface area contributed by atoms with Crippen LogP contribution >= 0.6 is 0 Å².